The van der Waals surface area contributed by atoms with Crippen LogP contribution in [0.1, 0.15) is 11.3 Å². The molecule has 3 rings (SSSR count). The normalized spacial score (nSPS) is 11.7. The van der Waals surface area contributed by atoms with Crippen LogP contribution in [-0.4, -0.2) is 43.0 Å². The average molecular weight is 390 g/mol. The number of halogens is 1. The molecule has 1 amide bonds. The van der Waals surface area contributed by atoms with E-state index >= 15 is 0 Å². The second-order valence-corrected chi connectivity index (χ2v) is 8.09. The van der Waals surface area contributed by atoms with Crippen molar-refractivity contribution in [3.63, 3.8) is 0 Å². The third kappa shape index (κ3) is 4.75. The van der Waals surface area contributed by atoms with Gasteiger partial charge in [0.2, 0.25) is 0 Å². The fraction of sp³-hybridized carbons (Fsp3) is 0.263. The number of fused-ring (bicyclic) bond motifs is 1. The number of thiazole rings is 1. The lowest BCUT2D eigenvalue weighted by molar-refractivity contribution is -0.114. The first kappa shape index (κ1) is 18.7. The molecule has 2 aromatic heterocycles. The maximum atomic E-state index is 13.5. The number of amides is 1. The summed E-state index contributed by atoms with van der Waals surface area (Å²) >= 11 is 2.92. The molecule has 0 aliphatic rings. The number of carbonyl (C=O) groups excluding carboxylic acids is 1. The van der Waals surface area contributed by atoms with Crippen molar-refractivity contribution in [2.45, 2.75) is 6.42 Å². The number of rotatable bonds is 7. The van der Waals surface area contributed by atoms with Gasteiger partial charge in [-0.2, -0.15) is 0 Å². The van der Waals surface area contributed by atoms with Gasteiger partial charge in [0.1, 0.15) is 5.82 Å². The van der Waals surface area contributed by atoms with Crippen molar-refractivity contribution in [2.75, 3.05) is 32.1 Å². The number of benzene rings is 1. The Kier molecular flexibility index (Phi) is 6.13. The molecule has 2 heterocycles. The number of nitrogens with zero attached hydrogens (tertiary/aromatic N) is 3. The second kappa shape index (κ2) is 8.53. The minimum absolute atomic E-state index is 0.114. The average Bonchev–Trinajstić information content (AvgIpc) is 3.25. The van der Waals surface area contributed by atoms with Crippen molar-refractivity contribution in [3.05, 3.63) is 52.5 Å². The van der Waals surface area contributed by atoms with E-state index in [9.17, 15) is 9.18 Å². The highest BCUT2D eigenvalue weighted by Gasteiger charge is 2.18. The molecule has 0 spiro atoms. The Morgan fingerprint density at radius 3 is 2.85 bits per heavy atom. The summed E-state index contributed by atoms with van der Waals surface area (Å²) in [5.41, 5.74) is 0.707. The maximum Gasteiger partial charge on any atom is 0.252 e. The summed E-state index contributed by atoms with van der Waals surface area (Å²) in [4.78, 5) is 22.1. The maximum absolute atomic E-state index is 13.5. The summed E-state index contributed by atoms with van der Waals surface area (Å²) in [5, 5.41) is 2.58. The van der Waals surface area contributed by atoms with Gasteiger partial charge < -0.3 is 4.90 Å². The van der Waals surface area contributed by atoms with Gasteiger partial charge in [-0.05, 0) is 62.8 Å². The van der Waals surface area contributed by atoms with E-state index in [-0.39, 0.29) is 11.7 Å². The first-order valence-corrected chi connectivity index (χ1v) is 9.96. The van der Waals surface area contributed by atoms with E-state index in [2.05, 4.69) is 9.88 Å². The predicted molar refractivity (Wildman–Crippen MR) is 108 cm³/mol. The molecule has 1 aromatic carbocycles. The quantitative estimate of drug-likeness (QED) is 0.559. The minimum atomic E-state index is -0.296. The fourth-order valence-electron chi connectivity index (χ4n) is 2.48. The second-order valence-electron chi connectivity index (χ2n) is 6.10. The topological polar surface area (TPSA) is 36.4 Å². The first-order chi connectivity index (χ1) is 12.5. The third-order valence-electron chi connectivity index (χ3n) is 3.76. The van der Waals surface area contributed by atoms with Crippen molar-refractivity contribution in [1.29, 1.82) is 0 Å². The largest absolute Gasteiger partial charge is 0.309 e. The molecule has 136 valence electrons. The first-order valence-electron chi connectivity index (χ1n) is 8.27. The molecule has 0 aliphatic carbocycles. The molecule has 0 bridgehead atoms. The lowest BCUT2D eigenvalue weighted by atomic mass is 10.3. The van der Waals surface area contributed by atoms with Gasteiger partial charge >= 0.3 is 0 Å². The number of aromatic nitrogens is 1. The van der Waals surface area contributed by atoms with Gasteiger partial charge in [-0.15, -0.1) is 11.3 Å². The van der Waals surface area contributed by atoms with Crippen LogP contribution in [0.3, 0.4) is 0 Å². The fourth-order valence-corrected chi connectivity index (χ4v) is 4.12. The van der Waals surface area contributed by atoms with E-state index < -0.39 is 0 Å². The van der Waals surface area contributed by atoms with E-state index in [1.807, 2.05) is 37.7 Å². The number of thiophene rings is 1. The van der Waals surface area contributed by atoms with Crippen LogP contribution in [0, 0.1) is 5.82 Å². The molecule has 26 heavy (non-hydrogen) atoms. The summed E-state index contributed by atoms with van der Waals surface area (Å²) in [5.74, 6) is -0.410. The molecule has 0 N–H and O–H groups in total. The Morgan fingerprint density at radius 1 is 1.27 bits per heavy atom. The van der Waals surface area contributed by atoms with Crippen molar-refractivity contribution >= 4 is 50.0 Å². The number of carbonyl (C=O) groups is 1. The van der Waals surface area contributed by atoms with Crippen LogP contribution < -0.4 is 4.90 Å². The summed E-state index contributed by atoms with van der Waals surface area (Å²) < 4.78 is 14.2. The summed E-state index contributed by atoms with van der Waals surface area (Å²) in [6.07, 6.45) is 4.23. The van der Waals surface area contributed by atoms with Crippen molar-refractivity contribution in [1.82, 2.24) is 9.88 Å². The van der Waals surface area contributed by atoms with Gasteiger partial charge in [0.15, 0.2) is 5.13 Å². The Balaban J connectivity index is 1.84. The zero-order chi connectivity index (χ0) is 18.5. The molecule has 0 saturated carbocycles. The number of anilines is 1. The zero-order valence-corrected chi connectivity index (χ0v) is 16.3. The smallest absolute Gasteiger partial charge is 0.252 e. The lowest BCUT2D eigenvalue weighted by Crippen LogP contribution is -2.32. The van der Waals surface area contributed by atoms with Crippen LogP contribution in [0.15, 0.2) is 41.8 Å². The minimum Gasteiger partial charge on any atom is -0.309 e. The van der Waals surface area contributed by atoms with Crippen LogP contribution in [0.2, 0.25) is 0 Å². The summed E-state index contributed by atoms with van der Waals surface area (Å²) in [6, 6.07) is 8.41. The van der Waals surface area contributed by atoms with E-state index in [1.165, 1.54) is 23.5 Å². The van der Waals surface area contributed by atoms with Gasteiger partial charge in [0, 0.05) is 17.5 Å². The van der Waals surface area contributed by atoms with Gasteiger partial charge in [0.25, 0.3) is 5.91 Å². The molecular formula is C19H20FN3OS2. The molecule has 0 radical (unpaired) electrons. The highest BCUT2D eigenvalue weighted by atomic mass is 32.1. The van der Waals surface area contributed by atoms with Gasteiger partial charge in [0.05, 0.1) is 10.2 Å². The van der Waals surface area contributed by atoms with Crippen LogP contribution >= 0.6 is 22.7 Å². The van der Waals surface area contributed by atoms with E-state index in [0.717, 1.165) is 22.5 Å². The molecule has 3 aromatic rings. The van der Waals surface area contributed by atoms with E-state index in [0.29, 0.717) is 17.2 Å². The van der Waals surface area contributed by atoms with Crippen LogP contribution in [0.5, 0.6) is 0 Å². The number of hydrogen-bond donors (Lipinski definition) is 0. The van der Waals surface area contributed by atoms with Crippen molar-refractivity contribution < 1.29 is 9.18 Å². The van der Waals surface area contributed by atoms with Crippen LogP contribution in [0.25, 0.3) is 16.3 Å². The standard InChI is InChI=1S/C19H20FN3OS2/c1-22(2)10-4-11-23(18(24)9-7-15-5-3-12-25-15)19-21-16-8-6-14(20)13-17(16)26-19/h3,5-9,12-13H,4,10-11H2,1-2H3. The van der Waals surface area contributed by atoms with Gasteiger partial charge in [-0.3, -0.25) is 9.69 Å². The zero-order valence-electron chi connectivity index (χ0n) is 14.7. The molecule has 0 aliphatic heterocycles. The predicted octanol–water partition coefficient (Wildman–Crippen LogP) is 4.50. The molecule has 0 saturated heterocycles. The van der Waals surface area contributed by atoms with Gasteiger partial charge in [-0.25, -0.2) is 9.37 Å². The summed E-state index contributed by atoms with van der Waals surface area (Å²) in [6.45, 7) is 1.44. The summed E-state index contributed by atoms with van der Waals surface area (Å²) in [7, 11) is 4.01. The Labute approximate surface area is 160 Å². The monoisotopic (exact) mass is 389 g/mol. The molecule has 0 fully saturated rings. The molecule has 0 atom stereocenters. The van der Waals surface area contributed by atoms with Crippen molar-refractivity contribution in [2.24, 2.45) is 0 Å². The Hall–Kier alpha value is -2.09. The lowest BCUT2D eigenvalue weighted by Gasteiger charge is -2.19. The molecule has 7 heteroatoms. The highest BCUT2D eigenvalue weighted by Crippen LogP contribution is 2.30. The van der Waals surface area contributed by atoms with Gasteiger partial charge in [-0.1, -0.05) is 17.4 Å². The third-order valence-corrected chi connectivity index (χ3v) is 5.64. The molecule has 4 nitrogen and oxygen atoms in total. The SMILES string of the molecule is CN(C)CCCN(C(=O)C=Cc1cccs1)c1nc2ccc(F)cc2s1. The van der Waals surface area contributed by atoms with Crippen LogP contribution in [-0.2, 0) is 4.79 Å². The number of hydrogen-bond acceptors (Lipinski definition) is 5. The molecular weight excluding hydrogens is 369 g/mol. The van der Waals surface area contributed by atoms with Crippen molar-refractivity contribution in [3.8, 4) is 0 Å². The van der Waals surface area contributed by atoms with Crippen LogP contribution in [0.4, 0.5) is 9.52 Å². The highest BCUT2D eigenvalue weighted by molar-refractivity contribution is 7.22. The Bertz CT molecular complexity index is 903. The molecule has 0 unspecified atom stereocenters. The van der Waals surface area contributed by atoms with E-state index in [1.54, 1.807) is 28.4 Å². The Morgan fingerprint density at radius 2 is 2.12 bits per heavy atom. The van der Waals surface area contributed by atoms with E-state index in [4.69, 9.17) is 0 Å².